The Morgan fingerprint density at radius 2 is 1.53 bits per heavy atom. The van der Waals surface area contributed by atoms with E-state index in [1.807, 2.05) is 23.1 Å². The molecule has 188 valence electrons. The maximum atomic E-state index is 13.0. The molecule has 2 atom stereocenters. The van der Waals surface area contributed by atoms with Gasteiger partial charge in [0.15, 0.2) is 0 Å². The van der Waals surface area contributed by atoms with Crippen LogP contribution in [0.5, 0.6) is 0 Å². The van der Waals surface area contributed by atoms with E-state index < -0.39 is 0 Å². The maximum Gasteiger partial charge on any atom is 0.251 e. The first-order valence-corrected chi connectivity index (χ1v) is 13.2. The molecule has 0 radical (unpaired) electrons. The molecule has 1 unspecified atom stereocenters. The third-order valence-electron chi connectivity index (χ3n) is 7.31. The number of carbonyl (C=O) groups is 3. The molecule has 2 aromatic carbocycles. The predicted molar refractivity (Wildman–Crippen MR) is 142 cm³/mol. The Bertz CT molecular complexity index is 1270. The molecule has 3 N–H and O–H groups in total. The van der Waals surface area contributed by atoms with Gasteiger partial charge >= 0.3 is 0 Å². The van der Waals surface area contributed by atoms with Crippen LogP contribution in [0.2, 0.25) is 5.02 Å². The molecular weight excluding hydrogens is 476 g/mol. The average molecular weight is 507 g/mol. The maximum absolute atomic E-state index is 13.0. The number of hydrogen-bond donors (Lipinski definition) is 3. The Hall–Kier alpha value is -3.32. The van der Waals surface area contributed by atoms with E-state index in [2.05, 4.69) is 15.6 Å². The quantitative estimate of drug-likeness (QED) is 0.444. The van der Waals surface area contributed by atoms with Crippen molar-refractivity contribution in [3.8, 4) is 0 Å². The van der Waals surface area contributed by atoms with Crippen LogP contribution in [0.25, 0.3) is 10.9 Å². The molecule has 1 saturated carbocycles. The molecule has 36 heavy (non-hydrogen) atoms. The Morgan fingerprint density at radius 1 is 0.861 bits per heavy atom. The third-order valence-corrected chi connectivity index (χ3v) is 7.62. The number of fused-ring (bicyclic) bond motifs is 1. The van der Waals surface area contributed by atoms with Crippen molar-refractivity contribution in [3.05, 3.63) is 64.8 Å². The summed E-state index contributed by atoms with van der Waals surface area (Å²) in [7, 11) is 0. The number of anilines is 1. The van der Waals surface area contributed by atoms with Crippen LogP contribution in [-0.4, -0.2) is 41.3 Å². The largest absolute Gasteiger partial charge is 0.360 e. The summed E-state index contributed by atoms with van der Waals surface area (Å²) >= 11 is 6.15. The van der Waals surface area contributed by atoms with Crippen molar-refractivity contribution in [1.29, 1.82) is 0 Å². The molecule has 3 amide bonds. The summed E-state index contributed by atoms with van der Waals surface area (Å²) in [6.07, 6.45) is 8.89. The molecule has 7 nitrogen and oxygen atoms in total. The summed E-state index contributed by atoms with van der Waals surface area (Å²) in [5.74, 6) is -0.193. The highest BCUT2D eigenvalue weighted by molar-refractivity contribution is 6.35. The number of H-pyrrole nitrogens is 1. The SMILES string of the molecule is O=C(NC1CCCC[C@H]1NC(=O)c1ccc2c(Cl)c[nH]c2c1)c1ccc(N2CCCCCC2=O)cc1. The number of benzene rings is 2. The highest BCUT2D eigenvalue weighted by Gasteiger charge is 2.29. The molecule has 3 aromatic rings. The molecule has 2 fully saturated rings. The topological polar surface area (TPSA) is 94.3 Å². The smallest absolute Gasteiger partial charge is 0.251 e. The van der Waals surface area contributed by atoms with Crippen molar-refractivity contribution in [2.24, 2.45) is 0 Å². The second kappa shape index (κ2) is 10.7. The zero-order chi connectivity index (χ0) is 25.1. The zero-order valence-corrected chi connectivity index (χ0v) is 20.9. The van der Waals surface area contributed by atoms with Gasteiger partial charge in [-0.05, 0) is 62.1 Å². The standard InChI is InChI=1S/C28H31ClN4O3/c29-22-17-30-25-16-19(11-14-21(22)25)28(36)32-24-7-4-3-6-23(24)31-27(35)18-9-12-20(13-10-18)33-15-5-1-2-8-26(33)34/h9-14,16-17,23-24,30H,1-8,15H2,(H,31,35)(H,32,36)/t23?,24-/m1/s1. The van der Waals surface area contributed by atoms with E-state index in [4.69, 9.17) is 11.6 Å². The number of amides is 3. The molecule has 8 heteroatoms. The molecular formula is C28H31ClN4O3. The van der Waals surface area contributed by atoms with Gasteiger partial charge in [0, 0.05) is 59.0 Å². The second-order valence-electron chi connectivity index (χ2n) is 9.74. The van der Waals surface area contributed by atoms with Crippen LogP contribution in [0.4, 0.5) is 5.69 Å². The van der Waals surface area contributed by atoms with Gasteiger partial charge in [0.05, 0.1) is 5.02 Å². The van der Waals surface area contributed by atoms with Gasteiger partial charge in [0.2, 0.25) is 5.91 Å². The lowest BCUT2D eigenvalue weighted by Crippen LogP contribution is -2.53. The van der Waals surface area contributed by atoms with Gasteiger partial charge in [0.25, 0.3) is 11.8 Å². The molecule has 1 saturated heterocycles. The van der Waals surface area contributed by atoms with Gasteiger partial charge in [-0.1, -0.05) is 36.9 Å². The summed E-state index contributed by atoms with van der Waals surface area (Å²) in [5, 5.41) is 7.77. The fraction of sp³-hybridized carbons (Fsp3) is 0.393. The van der Waals surface area contributed by atoms with Crippen LogP contribution in [0.1, 0.15) is 72.1 Å². The van der Waals surface area contributed by atoms with E-state index >= 15 is 0 Å². The van der Waals surface area contributed by atoms with Gasteiger partial charge in [-0.3, -0.25) is 14.4 Å². The number of aromatic nitrogens is 1. The monoisotopic (exact) mass is 506 g/mol. The highest BCUT2D eigenvalue weighted by Crippen LogP contribution is 2.25. The van der Waals surface area contributed by atoms with E-state index in [1.54, 1.807) is 30.5 Å². The summed E-state index contributed by atoms with van der Waals surface area (Å²) < 4.78 is 0. The molecule has 0 spiro atoms. The van der Waals surface area contributed by atoms with E-state index in [0.717, 1.165) is 68.1 Å². The number of hydrogen-bond acceptors (Lipinski definition) is 3. The minimum atomic E-state index is -0.169. The first-order chi connectivity index (χ1) is 17.5. The van der Waals surface area contributed by atoms with Crippen molar-refractivity contribution in [2.75, 3.05) is 11.4 Å². The fourth-order valence-electron chi connectivity index (χ4n) is 5.26. The van der Waals surface area contributed by atoms with Gasteiger partial charge in [-0.15, -0.1) is 0 Å². The average Bonchev–Trinajstić information content (AvgIpc) is 3.12. The second-order valence-corrected chi connectivity index (χ2v) is 10.2. The summed E-state index contributed by atoms with van der Waals surface area (Å²) in [6.45, 7) is 0.720. The zero-order valence-electron chi connectivity index (χ0n) is 20.2. The molecule has 1 aliphatic heterocycles. The normalized spacial score (nSPS) is 20.7. The van der Waals surface area contributed by atoms with E-state index in [9.17, 15) is 14.4 Å². The number of nitrogens with one attached hydrogen (secondary N) is 3. The van der Waals surface area contributed by atoms with E-state index in [-0.39, 0.29) is 29.8 Å². The Labute approximate surface area is 215 Å². The van der Waals surface area contributed by atoms with Crippen LogP contribution in [0, 0.1) is 0 Å². The third kappa shape index (κ3) is 5.26. The van der Waals surface area contributed by atoms with Crippen molar-refractivity contribution in [2.45, 2.75) is 63.5 Å². The van der Waals surface area contributed by atoms with E-state index in [0.29, 0.717) is 22.6 Å². The molecule has 1 aliphatic carbocycles. The van der Waals surface area contributed by atoms with Crippen LogP contribution >= 0.6 is 11.6 Å². The number of carbonyl (C=O) groups excluding carboxylic acids is 3. The number of rotatable bonds is 5. The van der Waals surface area contributed by atoms with Crippen molar-refractivity contribution in [1.82, 2.24) is 15.6 Å². The summed E-state index contributed by atoms with van der Waals surface area (Å²) in [5.41, 5.74) is 2.74. The van der Waals surface area contributed by atoms with Gasteiger partial charge < -0.3 is 20.5 Å². The Balaban J connectivity index is 1.23. The molecule has 5 rings (SSSR count). The van der Waals surface area contributed by atoms with Crippen molar-refractivity contribution in [3.63, 3.8) is 0 Å². The van der Waals surface area contributed by atoms with E-state index in [1.165, 1.54) is 0 Å². The van der Waals surface area contributed by atoms with Crippen molar-refractivity contribution >= 4 is 45.9 Å². The highest BCUT2D eigenvalue weighted by atomic mass is 35.5. The van der Waals surface area contributed by atoms with Crippen LogP contribution in [0.3, 0.4) is 0 Å². The fourth-order valence-corrected chi connectivity index (χ4v) is 5.48. The predicted octanol–water partition coefficient (Wildman–Crippen LogP) is 5.20. The molecule has 0 bridgehead atoms. The molecule has 2 aliphatic rings. The lowest BCUT2D eigenvalue weighted by molar-refractivity contribution is -0.118. The summed E-state index contributed by atoms with van der Waals surface area (Å²) in [6, 6.07) is 12.4. The lowest BCUT2D eigenvalue weighted by atomic mass is 9.89. The van der Waals surface area contributed by atoms with Gasteiger partial charge in [-0.2, -0.15) is 0 Å². The molecule has 1 aromatic heterocycles. The van der Waals surface area contributed by atoms with Crippen LogP contribution in [-0.2, 0) is 4.79 Å². The number of nitrogens with zero attached hydrogens (tertiary/aromatic N) is 1. The first-order valence-electron chi connectivity index (χ1n) is 12.8. The minimum Gasteiger partial charge on any atom is -0.360 e. The minimum absolute atomic E-state index is 0.143. The Morgan fingerprint density at radius 3 is 2.25 bits per heavy atom. The van der Waals surface area contributed by atoms with Crippen LogP contribution in [0.15, 0.2) is 48.7 Å². The Kier molecular flexibility index (Phi) is 7.28. The number of halogens is 1. The van der Waals surface area contributed by atoms with Gasteiger partial charge in [0.1, 0.15) is 0 Å². The van der Waals surface area contributed by atoms with Gasteiger partial charge in [-0.25, -0.2) is 0 Å². The lowest BCUT2D eigenvalue weighted by Gasteiger charge is -2.33. The summed E-state index contributed by atoms with van der Waals surface area (Å²) in [4.78, 5) is 43.3. The van der Waals surface area contributed by atoms with Crippen molar-refractivity contribution < 1.29 is 14.4 Å². The first kappa shape index (κ1) is 24.4. The number of aromatic amines is 1. The van der Waals surface area contributed by atoms with Crippen LogP contribution < -0.4 is 15.5 Å². The molecule has 2 heterocycles.